The number of fused-ring (bicyclic) bond motifs is 3. The fourth-order valence-corrected chi connectivity index (χ4v) is 4.73. The van der Waals surface area contributed by atoms with Crippen LogP contribution in [-0.2, 0) is 6.18 Å². The van der Waals surface area contributed by atoms with Gasteiger partial charge in [0.05, 0.1) is 22.7 Å². The van der Waals surface area contributed by atoms with Crippen molar-refractivity contribution >= 4 is 55.9 Å². The molecule has 2 heterocycles. The molecular formula is C23H11BrClF5N4O2. The SMILES string of the molecule is O=C(Nc1cc2c(Br)n[nH]c2c2c1C(c1cc(F)ccc1Cl)NC2=O)c1cc(F)cc(C(F)(F)F)c1. The molecule has 0 fully saturated rings. The van der Waals surface area contributed by atoms with Gasteiger partial charge in [0.25, 0.3) is 11.8 Å². The average molecular weight is 586 g/mol. The summed E-state index contributed by atoms with van der Waals surface area (Å²) in [5.41, 5.74) is -1.20. The van der Waals surface area contributed by atoms with E-state index in [0.717, 1.165) is 12.1 Å². The number of carbonyl (C=O) groups is 2. The van der Waals surface area contributed by atoms with Crippen LogP contribution in [0.4, 0.5) is 27.6 Å². The highest BCUT2D eigenvalue weighted by Gasteiger charge is 2.37. The summed E-state index contributed by atoms with van der Waals surface area (Å²) >= 11 is 9.49. The molecule has 1 unspecified atom stereocenters. The van der Waals surface area contributed by atoms with Crippen LogP contribution in [-0.4, -0.2) is 22.0 Å². The smallest absolute Gasteiger partial charge is 0.341 e. The maximum atomic E-state index is 14.0. The Balaban J connectivity index is 1.68. The van der Waals surface area contributed by atoms with Gasteiger partial charge in [0, 0.05) is 32.8 Å². The normalized spacial score (nSPS) is 15.2. The molecule has 1 aliphatic heterocycles. The molecule has 1 atom stereocenters. The molecule has 2 amide bonds. The molecule has 13 heteroatoms. The van der Waals surface area contributed by atoms with Crippen LogP contribution in [0.2, 0.25) is 5.02 Å². The van der Waals surface area contributed by atoms with E-state index in [1.165, 1.54) is 12.1 Å². The molecule has 184 valence electrons. The number of nitrogens with one attached hydrogen (secondary N) is 3. The van der Waals surface area contributed by atoms with Crippen molar-refractivity contribution in [2.24, 2.45) is 0 Å². The number of aromatic amines is 1. The largest absolute Gasteiger partial charge is 0.416 e. The van der Waals surface area contributed by atoms with Gasteiger partial charge in [-0.05, 0) is 58.4 Å². The third-order valence-electron chi connectivity index (χ3n) is 5.65. The predicted molar refractivity (Wildman–Crippen MR) is 124 cm³/mol. The third-order valence-corrected chi connectivity index (χ3v) is 6.60. The van der Waals surface area contributed by atoms with Crippen molar-refractivity contribution in [1.82, 2.24) is 15.5 Å². The molecule has 3 aromatic carbocycles. The van der Waals surface area contributed by atoms with Gasteiger partial charge >= 0.3 is 6.18 Å². The molecule has 0 radical (unpaired) electrons. The van der Waals surface area contributed by atoms with E-state index in [1.807, 2.05) is 0 Å². The van der Waals surface area contributed by atoms with Crippen LogP contribution >= 0.6 is 27.5 Å². The number of hydrogen-bond donors (Lipinski definition) is 3. The summed E-state index contributed by atoms with van der Waals surface area (Å²) in [6, 6.07) is 5.39. The van der Waals surface area contributed by atoms with Crippen molar-refractivity contribution in [2.45, 2.75) is 12.2 Å². The van der Waals surface area contributed by atoms with Crippen molar-refractivity contribution in [2.75, 3.05) is 5.32 Å². The second-order valence-electron chi connectivity index (χ2n) is 7.90. The Kier molecular flexibility index (Phi) is 5.75. The van der Waals surface area contributed by atoms with E-state index in [2.05, 4.69) is 36.8 Å². The van der Waals surface area contributed by atoms with E-state index < -0.39 is 46.8 Å². The first-order valence-electron chi connectivity index (χ1n) is 10.1. The van der Waals surface area contributed by atoms with Crippen molar-refractivity contribution < 1.29 is 31.5 Å². The van der Waals surface area contributed by atoms with Gasteiger partial charge in [-0.1, -0.05) is 11.6 Å². The average Bonchev–Trinajstić information content (AvgIpc) is 3.34. The molecule has 0 saturated carbocycles. The Labute approximate surface area is 211 Å². The van der Waals surface area contributed by atoms with Crippen LogP contribution in [0.25, 0.3) is 10.9 Å². The van der Waals surface area contributed by atoms with Gasteiger partial charge in [-0.2, -0.15) is 18.3 Å². The number of carbonyl (C=O) groups excluding carboxylic acids is 2. The number of aromatic nitrogens is 2. The topological polar surface area (TPSA) is 86.9 Å². The van der Waals surface area contributed by atoms with Crippen LogP contribution in [0.3, 0.4) is 0 Å². The fourth-order valence-electron chi connectivity index (χ4n) is 4.10. The molecule has 6 nitrogen and oxygen atoms in total. The maximum Gasteiger partial charge on any atom is 0.416 e. The standard InChI is InChI=1S/C23H11BrClF5N4O2/c24-20-13-7-15(31-21(35)8-3-9(23(28,29)30)5-11(27)4-8)16-17(19(13)33-34-20)22(36)32-18(16)12-6-10(26)1-2-14(12)25/h1-7,18H,(H,31,35)(H,32,36)(H,33,34). The minimum Gasteiger partial charge on any atom is -0.341 e. The number of halogens is 7. The number of hydrogen-bond acceptors (Lipinski definition) is 3. The van der Waals surface area contributed by atoms with Crippen molar-refractivity contribution in [3.05, 3.63) is 91.5 Å². The Hall–Kier alpha value is -3.51. The van der Waals surface area contributed by atoms with Gasteiger partial charge in [0.2, 0.25) is 0 Å². The van der Waals surface area contributed by atoms with E-state index in [0.29, 0.717) is 27.6 Å². The van der Waals surface area contributed by atoms with E-state index >= 15 is 0 Å². The van der Waals surface area contributed by atoms with Gasteiger partial charge in [-0.15, -0.1) is 0 Å². The molecule has 36 heavy (non-hydrogen) atoms. The predicted octanol–water partition coefficient (Wildman–Crippen LogP) is 6.36. The summed E-state index contributed by atoms with van der Waals surface area (Å²) < 4.78 is 67.7. The first-order chi connectivity index (χ1) is 16.9. The van der Waals surface area contributed by atoms with Crippen molar-refractivity contribution in [1.29, 1.82) is 0 Å². The summed E-state index contributed by atoms with van der Waals surface area (Å²) in [4.78, 5) is 26.0. The highest BCUT2D eigenvalue weighted by molar-refractivity contribution is 9.10. The lowest BCUT2D eigenvalue weighted by molar-refractivity contribution is -0.137. The molecule has 0 saturated heterocycles. The molecule has 5 rings (SSSR count). The van der Waals surface area contributed by atoms with Gasteiger partial charge in [0.1, 0.15) is 16.2 Å². The van der Waals surface area contributed by atoms with E-state index in [-0.39, 0.29) is 33.5 Å². The molecule has 1 aromatic heterocycles. The second kappa shape index (κ2) is 8.56. The number of rotatable bonds is 3. The summed E-state index contributed by atoms with van der Waals surface area (Å²) in [6.45, 7) is 0. The minimum atomic E-state index is -4.88. The highest BCUT2D eigenvalue weighted by Crippen LogP contribution is 2.43. The quantitative estimate of drug-likeness (QED) is 0.245. The molecular weight excluding hydrogens is 575 g/mol. The molecule has 0 aliphatic carbocycles. The van der Waals surface area contributed by atoms with Crippen LogP contribution < -0.4 is 10.6 Å². The first-order valence-corrected chi connectivity index (χ1v) is 11.3. The summed E-state index contributed by atoms with van der Waals surface area (Å²) in [6.07, 6.45) is -4.88. The fraction of sp³-hybridized carbons (Fsp3) is 0.0870. The molecule has 0 spiro atoms. The van der Waals surface area contributed by atoms with E-state index in [9.17, 15) is 31.5 Å². The lowest BCUT2D eigenvalue weighted by Gasteiger charge is -2.18. The summed E-state index contributed by atoms with van der Waals surface area (Å²) in [5.74, 6) is -3.54. The number of amides is 2. The monoisotopic (exact) mass is 584 g/mol. The highest BCUT2D eigenvalue weighted by atomic mass is 79.9. The van der Waals surface area contributed by atoms with Crippen molar-refractivity contribution in [3.63, 3.8) is 0 Å². The zero-order chi connectivity index (χ0) is 25.9. The van der Waals surface area contributed by atoms with Gasteiger partial charge in [-0.25, -0.2) is 8.78 Å². The maximum absolute atomic E-state index is 14.0. The Morgan fingerprint density at radius 1 is 1.08 bits per heavy atom. The summed E-state index contributed by atoms with van der Waals surface area (Å²) in [7, 11) is 0. The molecule has 0 bridgehead atoms. The number of anilines is 1. The van der Waals surface area contributed by atoms with E-state index in [1.54, 1.807) is 0 Å². The van der Waals surface area contributed by atoms with Crippen LogP contribution in [0.15, 0.2) is 47.1 Å². The molecule has 4 aromatic rings. The number of nitrogens with zero attached hydrogens (tertiary/aromatic N) is 1. The lowest BCUT2D eigenvalue weighted by atomic mass is 9.94. The number of H-pyrrole nitrogens is 1. The van der Waals surface area contributed by atoms with Crippen LogP contribution in [0.5, 0.6) is 0 Å². The first kappa shape index (κ1) is 24.2. The Morgan fingerprint density at radius 3 is 2.56 bits per heavy atom. The zero-order valence-corrected chi connectivity index (χ0v) is 19.9. The number of benzene rings is 3. The molecule has 3 N–H and O–H groups in total. The zero-order valence-electron chi connectivity index (χ0n) is 17.5. The van der Waals surface area contributed by atoms with Gasteiger partial charge < -0.3 is 10.6 Å². The van der Waals surface area contributed by atoms with Gasteiger partial charge in [0.15, 0.2) is 0 Å². The number of alkyl halides is 3. The summed E-state index contributed by atoms with van der Waals surface area (Å²) in [5, 5.41) is 12.4. The molecule has 1 aliphatic rings. The Bertz CT molecular complexity index is 1590. The van der Waals surface area contributed by atoms with Crippen LogP contribution in [0, 0.1) is 11.6 Å². The van der Waals surface area contributed by atoms with E-state index in [4.69, 9.17) is 11.6 Å². The van der Waals surface area contributed by atoms with Crippen LogP contribution in [0.1, 0.15) is 43.4 Å². The lowest BCUT2D eigenvalue weighted by Crippen LogP contribution is -2.21. The third kappa shape index (κ3) is 4.09. The van der Waals surface area contributed by atoms with Crippen molar-refractivity contribution in [3.8, 4) is 0 Å². The minimum absolute atomic E-state index is 0.00565. The van der Waals surface area contributed by atoms with Gasteiger partial charge in [-0.3, -0.25) is 14.7 Å². The Morgan fingerprint density at radius 2 is 1.83 bits per heavy atom. The second-order valence-corrected chi connectivity index (χ2v) is 9.06.